The molecule has 0 aromatic heterocycles. The Kier molecular flexibility index (Phi) is 7.33. The maximum Gasteiger partial charge on any atom is 0.00799 e. The van der Waals surface area contributed by atoms with Crippen molar-refractivity contribution in [3.05, 3.63) is 0 Å². The molecule has 1 unspecified atom stereocenters. The molecule has 0 bridgehead atoms. The zero-order valence-corrected chi connectivity index (χ0v) is 13.8. The van der Waals surface area contributed by atoms with Crippen LogP contribution in [0.4, 0.5) is 0 Å². The monoisotopic (exact) mass is 269 g/mol. The molecule has 0 aliphatic carbocycles. The van der Waals surface area contributed by atoms with Crippen LogP contribution in [0.25, 0.3) is 0 Å². The minimum absolute atomic E-state index is 0.360. The summed E-state index contributed by atoms with van der Waals surface area (Å²) in [5.41, 5.74) is 0.360. The van der Waals surface area contributed by atoms with Crippen LogP contribution < -0.4 is 5.32 Å². The first-order valence-corrected chi connectivity index (χ1v) is 8.03. The van der Waals surface area contributed by atoms with E-state index in [2.05, 4.69) is 50.0 Å². The predicted molar refractivity (Wildman–Crippen MR) is 84.7 cm³/mol. The van der Waals surface area contributed by atoms with Gasteiger partial charge in [-0.15, -0.1) is 0 Å². The van der Waals surface area contributed by atoms with Crippen molar-refractivity contribution in [2.24, 2.45) is 5.41 Å². The molecule has 1 rings (SSSR count). The number of hydrogen-bond acceptors (Lipinski definition) is 3. The quantitative estimate of drug-likeness (QED) is 0.766. The molecule has 1 heterocycles. The van der Waals surface area contributed by atoms with Crippen molar-refractivity contribution in [2.75, 3.05) is 46.8 Å². The Bertz CT molecular complexity index is 238. The van der Waals surface area contributed by atoms with Crippen LogP contribution in [0.2, 0.25) is 0 Å². The average molecular weight is 269 g/mol. The van der Waals surface area contributed by atoms with E-state index in [0.717, 1.165) is 19.1 Å². The molecule has 1 aliphatic heterocycles. The third kappa shape index (κ3) is 7.28. The van der Waals surface area contributed by atoms with E-state index < -0.39 is 0 Å². The van der Waals surface area contributed by atoms with Crippen molar-refractivity contribution in [1.82, 2.24) is 15.1 Å². The lowest BCUT2D eigenvalue weighted by atomic mass is 9.92. The van der Waals surface area contributed by atoms with Crippen molar-refractivity contribution in [3.63, 3.8) is 0 Å². The lowest BCUT2D eigenvalue weighted by Gasteiger charge is -2.30. The van der Waals surface area contributed by atoms with Crippen LogP contribution in [0.15, 0.2) is 0 Å². The van der Waals surface area contributed by atoms with E-state index in [-0.39, 0.29) is 0 Å². The molecule has 3 heteroatoms. The van der Waals surface area contributed by atoms with Crippen LogP contribution in [0.5, 0.6) is 0 Å². The highest BCUT2D eigenvalue weighted by molar-refractivity contribution is 4.80. The number of nitrogens with zero attached hydrogens (tertiary/aromatic N) is 2. The Balaban J connectivity index is 2.29. The molecule has 1 aliphatic rings. The second kappa shape index (κ2) is 8.23. The van der Waals surface area contributed by atoms with Gasteiger partial charge in [0.05, 0.1) is 0 Å². The lowest BCUT2D eigenvalue weighted by molar-refractivity contribution is 0.221. The summed E-state index contributed by atoms with van der Waals surface area (Å²) in [4.78, 5) is 4.92. The summed E-state index contributed by atoms with van der Waals surface area (Å²) in [6.45, 7) is 13.1. The first-order valence-electron chi connectivity index (χ1n) is 8.03. The van der Waals surface area contributed by atoms with Gasteiger partial charge in [0.2, 0.25) is 0 Å². The highest BCUT2D eigenvalue weighted by Gasteiger charge is 2.22. The molecule has 3 nitrogen and oxygen atoms in total. The summed E-state index contributed by atoms with van der Waals surface area (Å²) in [5, 5.41) is 3.82. The van der Waals surface area contributed by atoms with Crippen molar-refractivity contribution in [2.45, 2.75) is 52.5 Å². The van der Waals surface area contributed by atoms with E-state index >= 15 is 0 Å². The van der Waals surface area contributed by atoms with E-state index in [1.54, 1.807) is 0 Å². The average Bonchev–Trinajstić information content (AvgIpc) is 2.51. The third-order valence-corrected chi connectivity index (χ3v) is 3.97. The highest BCUT2D eigenvalue weighted by Crippen LogP contribution is 2.17. The van der Waals surface area contributed by atoms with E-state index in [9.17, 15) is 0 Å². The van der Waals surface area contributed by atoms with Gasteiger partial charge in [0.1, 0.15) is 0 Å². The zero-order valence-electron chi connectivity index (χ0n) is 13.8. The van der Waals surface area contributed by atoms with Crippen LogP contribution in [0, 0.1) is 5.41 Å². The van der Waals surface area contributed by atoms with Crippen LogP contribution in [-0.2, 0) is 0 Å². The first kappa shape index (κ1) is 16.9. The van der Waals surface area contributed by atoms with E-state index in [4.69, 9.17) is 0 Å². The summed E-state index contributed by atoms with van der Waals surface area (Å²) in [6.07, 6.45) is 5.30. The normalized spacial score (nSPS) is 22.7. The van der Waals surface area contributed by atoms with Crippen molar-refractivity contribution < 1.29 is 0 Å². The summed E-state index contributed by atoms with van der Waals surface area (Å²) in [6, 6.07) is 0.725. The molecular weight excluding hydrogens is 234 g/mol. The molecule has 1 fully saturated rings. The molecule has 0 radical (unpaired) electrons. The zero-order chi connectivity index (χ0) is 14.3. The van der Waals surface area contributed by atoms with Gasteiger partial charge in [-0.2, -0.15) is 0 Å². The standard InChI is InChI=1S/C16H35N3/c1-6-10-19-11-7-8-15(9-12-19)17-13-16(2,3)14-18(4)5/h15,17H,6-14H2,1-5H3. The van der Waals surface area contributed by atoms with Crippen LogP contribution in [0.3, 0.4) is 0 Å². The van der Waals surface area contributed by atoms with Gasteiger partial charge in [-0.25, -0.2) is 0 Å². The maximum atomic E-state index is 3.82. The Morgan fingerprint density at radius 2 is 1.95 bits per heavy atom. The molecular formula is C16H35N3. The van der Waals surface area contributed by atoms with Gasteiger partial charge in [0.25, 0.3) is 0 Å². The van der Waals surface area contributed by atoms with Gasteiger partial charge in [-0.3, -0.25) is 0 Å². The molecule has 1 N–H and O–H groups in total. The van der Waals surface area contributed by atoms with Gasteiger partial charge in [-0.05, 0) is 64.8 Å². The Hall–Kier alpha value is -0.120. The maximum absolute atomic E-state index is 3.82. The number of nitrogens with one attached hydrogen (secondary N) is 1. The summed E-state index contributed by atoms with van der Waals surface area (Å²) >= 11 is 0. The second-order valence-electron chi connectivity index (χ2n) is 7.25. The van der Waals surface area contributed by atoms with Crippen molar-refractivity contribution >= 4 is 0 Å². The minimum Gasteiger partial charge on any atom is -0.313 e. The molecule has 0 amide bonds. The lowest BCUT2D eigenvalue weighted by Crippen LogP contribution is -2.42. The van der Waals surface area contributed by atoms with Crippen molar-refractivity contribution in [1.29, 1.82) is 0 Å². The second-order valence-corrected chi connectivity index (χ2v) is 7.25. The predicted octanol–water partition coefficient (Wildman–Crippen LogP) is 2.43. The molecule has 1 saturated heterocycles. The smallest absolute Gasteiger partial charge is 0.00799 e. The molecule has 1 atom stereocenters. The van der Waals surface area contributed by atoms with Gasteiger partial charge < -0.3 is 15.1 Å². The molecule has 0 saturated carbocycles. The van der Waals surface area contributed by atoms with Gasteiger partial charge in [0, 0.05) is 19.1 Å². The highest BCUT2D eigenvalue weighted by atomic mass is 15.1. The minimum atomic E-state index is 0.360. The number of likely N-dealkylation sites (tertiary alicyclic amines) is 1. The van der Waals surface area contributed by atoms with E-state index in [0.29, 0.717) is 5.41 Å². The first-order chi connectivity index (χ1) is 8.93. The fourth-order valence-corrected chi connectivity index (χ4v) is 3.23. The molecule has 0 aromatic rings. The summed E-state index contributed by atoms with van der Waals surface area (Å²) in [5.74, 6) is 0. The van der Waals surface area contributed by atoms with Gasteiger partial charge in [0.15, 0.2) is 0 Å². The van der Waals surface area contributed by atoms with E-state index in [1.165, 1.54) is 45.3 Å². The third-order valence-electron chi connectivity index (χ3n) is 3.97. The molecule has 0 aromatic carbocycles. The fraction of sp³-hybridized carbons (Fsp3) is 1.00. The largest absolute Gasteiger partial charge is 0.313 e. The van der Waals surface area contributed by atoms with Gasteiger partial charge >= 0.3 is 0 Å². The number of hydrogen-bond donors (Lipinski definition) is 1. The fourth-order valence-electron chi connectivity index (χ4n) is 3.23. The summed E-state index contributed by atoms with van der Waals surface area (Å²) < 4.78 is 0. The van der Waals surface area contributed by atoms with Crippen LogP contribution >= 0.6 is 0 Å². The van der Waals surface area contributed by atoms with Crippen molar-refractivity contribution in [3.8, 4) is 0 Å². The Labute approximate surface area is 120 Å². The Morgan fingerprint density at radius 1 is 1.21 bits per heavy atom. The van der Waals surface area contributed by atoms with Crippen LogP contribution in [0.1, 0.15) is 46.5 Å². The van der Waals surface area contributed by atoms with Gasteiger partial charge in [-0.1, -0.05) is 20.8 Å². The topological polar surface area (TPSA) is 18.5 Å². The van der Waals surface area contributed by atoms with E-state index in [1.807, 2.05) is 0 Å². The molecule has 0 spiro atoms. The molecule has 19 heavy (non-hydrogen) atoms. The number of rotatable bonds is 7. The molecule has 114 valence electrons. The SMILES string of the molecule is CCCN1CCCC(NCC(C)(C)CN(C)C)CC1. The van der Waals surface area contributed by atoms with Crippen LogP contribution in [-0.4, -0.2) is 62.7 Å². The summed E-state index contributed by atoms with van der Waals surface area (Å²) in [7, 11) is 4.33. The Morgan fingerprint density at radius 3 is 2.58 bits per heavy atom.